The van der Waals surface area contributed by atoms with Gasteiger partial charge in [0.25, 0.3) is 0 Å². The molecule has 1 aromatic heterocycles. The summed E-state index contributed by atoms with van der Waals surface area (Å²) in [5.41, 5.74) is 0.196. The van der Waals surface area contributed by atoms with E-state index in [4.69, 9.17) is 4.74 Å². The predicted octanol–water partition coefficient (Wildman–Crippen LogP) is 2.68. The molecule has 26 heavy (non-hydrogen) atoms. The molecule has 1 saturated heterocycles. The molecule has 1 aliphatic carbocycles. The molecule has 2 heterocycles. The summed E-state index contributed by atoms with van der Waals surface area (Å²) < 4.78 is 5.47. The van der Waals surface area contributed by atoms with Gasteiger partial charge in [-0.3, -0.25) is 0 Å². The number of aromatic nitrogens is 2. The van der Waals surface area contributed by atoms with Gasteiger partial charge < -0.3 is 19.9 Å². The Morgan fingerprint density at radius 1 is 1.31 bits per heavy atom. The third kappa shape index (κ3) is 4.37. The molecule has 144 valence electrons. The lowest BCUT2D eigenvalue weighted by Crippen LogP contribution is -2.49. The molecule has 7 heteroatoms. The number of nitrogens with one attached hydrogen (secondary N) is 1. The summed E-state index contributed by atoms with van der Waals surface area (Å²) >= 11 is 0. The summed E-state index contributed by atoms with van der Waals surface area (Å²) in [6.07, 6.45) is 6.09. The number of amides is 2. The zero-order chi connectivity index (χ0) is 18.6. The number of hydrogen-bond donors (Lipinski definition) is 1. The molecule has 0 spiro atoms. The van der Waals surface area contributed by atoms with Crippen molar-refractivity contribution >= 4 is 12.0 Å². The summed E-state index contributed by atoms with van der Waals surface area (Å²) in [6, 6.07) is 2.12. The van der Waals surface area contributed by atoms with Crippen LogP contribution in [0.15, 0.2) is 12.3 Å². The predicted molar refractivity (Wildman–Crippen MR) is 102 cm³/mol. The number of anilines is 1. The quantitative estimate of drug-likeness (QED) is 0.893. The molecule has 1 aromatic rings. The highest BCUT2D eigenvalue weighted by Gasteiger charge is 2.36. The molecular weight excluding hydrogens is 330 g/mol. The van der Waals surface area contributed by atoms with Gasteiger partial charge in [-0.15, -0.1) is 0 Å². The van der Waals surface area contributed by atoms with Crippen molar-refractivity contribution in [3.05, 3.63) is 12.3 Å². The van der Waals surface area contributed by atoms with Crippen LogP contribution >= 0.6 is 0 Å². The van der Waals surface area contributed by atoms with Gasteiger partial charge in [0.05, 0.1) is 6.61 Å². The van der Waals surface area contributed by atoms with E-state index in [0.29, 0.717) is 25.0 Å². The van der Waals surface area contributed by atoms with Crippen molar-refractivity contribution in [2.24, 2.45) is 5.41 Å². The standard InChI is InChI=1S/C19H31N5O2/c1-4-26-16-8-10-20-17(22-16)23-11-6-12-24(14-13-23)18(25)21-15-7-5-9-19(15,2)3/h8,10,15H,4-7,9,11-14H2,1-3H3,(H,21,25). The highest BCUT2D eigenvalue weighted by atomic mass is 16.5. The highest BCUT2D eigenvalue weighted by Crippen LogP contribution is 2.37. The average Bonchev–Trinajstić information content (AvgIpc) is 2.82. The molecule has 1 N–H and O–H groups in total. The van der Waals surface area contributed by atoms with Gasteiger partial charge in [-0.2, -0.15) is 4.98 Å². The molecular formula is C19H31N5O2. The van der Waals surface area contributed by atoms with E-state index in [2.05, 4.69) is 34.0 Å². The van der Waals surface area contributed by atoms with Crippen LogP contribution in [0.25, 0.3) is 0 Å². The lowest BCUT2D eigenvalue weighted by atomic mass is 9.87. The first-order valence-corrected chi connectivity index (χ1v) is 9.76. The van der Waals surface area contributed by atoms with Gasteiger partial charge in [0.1, 0.15) is 0 Å². The Labute approximate surface area is 156 Å². The van der Waals surface area contributed by atoms with Crippen LogP contribution in [-0.2, 0) is 0 Å². The van der Waals surface area contributed by atoms with Crippen molar-refractivity contribution in [3.63, 3.8) is 0 Å². The molecule has 2 amide bonds. The van der Waals surface area contributed by atoms with Crippen LogP contribution in [-0.4, -0.2) is 59.7 Å². The van der Waals surface area contributed by atoms with Gasteiger partial charge in [0.2, 0.25) is 11.8 Å². The summed E-state index contributed by atoms with van der Waals surface area (Å²) in [5.74, 6) is 1.27. The molecule has 1 saturated carbocycles. The fourth-order valence-electron chi connectivity index (χ4n) is 3.87. The van der Waals surface area contributed by atoms with Crippen LogP contribution in [0.3, 0.4) is 0 Å². The van der Waals surface area contributed by atoms with E-state index in [1.165, 1.54) is 12.8 Å². The van der Waals surface area contributed by atoms with Crippen molar-refractivity contribution < 1.29 is 9.53 Å². The number of urea groups is 1. The first-order valence-electron chi connectivity index (χ1n) is 9.76. The summed E-state index contributed by atoms with van der Waals surface area (Å²) in [7, 11) is 0. The minimum Gasteiger partial charge on any atom is -0.478 e. The van der Waals surface area contributed by atoms with Crippen LogP contribution in [0, 0.1) is 5.41 Å². The SMILES string of the molecule is CCOc1ccnc(N2CCCN(C(=O)NC3CCCC3(C)C)CC2)n1. The minimum atomic E-state index is 0.0656. The Balaban J connectivity index is 1.58. The summed E-state index contributed by atoms with van der Waals surface area (Å²) in [4.78, 5) is 25.6. The maximum Gasteiger partial charge on any atom is 0.317 e. The van der Waals surface area contributed by atoms with E-state index in [0.717, 1.165) is 32.5 Å². The van der Waals surface area contributed by atoms with Crippen LogP contribution < -0.4 is 15.0 Å². The molecule has 0 radical (unpaired) electrons. The van der Waals surface area contributed by atoms with Gasteiger partial charge >= 0.3 is 6.03 Å². The van der Waals surface area contributed by atoms with Crippen LogP contribution in [0.1, 0.15) is 46.5 Å². The minimum absolute atomic E-state index is 0.0656. The lowest BCUT2D eigenvalue weighted by Gasteiger charge is -2.30. The maximum absolute atomic E-state index is 12.7. The molecule has 0 bridgehead atoms. The maximum atomic E-state index is 12.7. The first-order chi connectivity index (χ1) is 12.5. The third-order valence-electron chi connectivity index (χ3n) is 5.53. The van der Waals surface area contributed by atoms with E-state index in [1.54, 1.807) is 12.3 Å². The van der Waals surface area contributed by atoms with E-state index in [9.17, 15) is 4.79 Å². The number of nitrogens with zero attached hydrogens (tertiary/aromatic N) is 4. The normalized spacial score (nSPS) is 22.8. The Morgan fingerprint density at radius 3 is 2.88 bits per heavy atom. The van der Waals surface area contributed by atoms with E-state index < -0.39 is 0 Å². The number of carbonyl (C=O) groups is 1. The monoisotopic (exact) mass is 361 g/mol. The molecule has 2 aliphatic rings. The second kappa shape index (κ2) is 8.10. The summed E-state index contributed by atoms with van der Waals surface area (Å²) in [6.45, 7) is 10.0. The van der Waals surface area contributed by atoms with Crippen LogP contribution in [0.5, 0.6) is 5.88 Å². The van der Waals surface area contributed by atoms with Gasteiger partial charge in [0, 0.05) is 44.5 Å². The summed E-state index contributed by atoms with van der Waals surface area (Å²) in [5, 5.41) is 3.26. The fourth-order valence-corrected chi connectivity index (χ4v) is 3.87. The second-order valence-corrected chi connectivity index (χ2v) is 7.84. The van der Waals surface area contributed by atoms with Gasteiger partial charge in [-0.1, -0.05) is 20.3 Å². The smallest absolute Gasteiger partial charge is 0.317 e. The van der Waals surface area contributed by atoms with Crippen molar-refractivity contribution in [3.8, 4) is 5.88 Å². The average molecular weight is 361 g/mol. The van der Waals surface area contributed by atoms with E-state index in [-0.39, 0.29) is 17.5 Å². The fraction of sp³-hybridized carbons (Fsp3) is 0.737. The van der Waals surface area contributed by atoms with Crippen molar-refractivity contribution in [2.75, 3.05) is 37.7 Å². The van der Waals surface area contributed by atoms with Crippen molar-refractivity contribution in [1.29, 1.82) is 0 Å². The second-order valence-electron chi connectivity index (χ2n) is 7.84. The molecule has 3 rings (SSSR count). The van der Waals surface area contributed by atoms with E-state index >= 15 is 0 Å². The Kier molecular flexibility index (Phi) is 5.84. The topological polar surface area (TPSA) is 70.6 Å². The van der Waals surface area contributed by atoms with Crippen molar-refractivity contribution in [1.82, 2.24) is 20.2 Å². The first kappa shape index (κ1) is 18.7. The largest absolute Gasteiger partial charge is 0.478 e. The molecule has 1 atom stereocenters. The Hall–Kier alpha value is -2.05. The number of carbonyl (C=O) groups excluding carboxylic acids is 1. The number of hydrogen-bond acceptors (Lipinski definition) is 5. The van der Waals surface area contributed by atoms with Crippen LogP contribution in [0.4, 0.5) is 10.7 Å². The van der Waals surface area contributed by atoms with Crippen molar-refractivity contribution in [2.45, 2.75) is 52.5 Å². The molecule has 7 nitrogen and oxygen atoms in total. The lowest BCUT2D eigenvalue weighted by molar-refractivity contribution is 0.185. The van der Waals surface area contributed by atoms with Gasteiger partial charge in [-0.25, -0.2) is 9.78 Å². The Morgan fingerprint density at radius 2 is 2.15 bits per heavy atom. The molecule has 1 unspecified atom stereocenters. The highest BCUT2D eigenvalue weighted by molar-refractivity contribution is 5.74. The van der Waals surface area contributed by atoms with E-state index in [1.807, 2.05) is 11.8 Å². The molecule has 2 fully saturated rings. The number of ether oxygens (including phenoxy) is 1. The molecule has 1 aliphatic heterocycles. The zero-order valence-electron chi connectivity index (χ0n) is 16.2. The molecule has 0 aromatic carbocycles. The Bertz CT molecular complexity index is 622. The number of rotatable bonds is 4. The van der Waals surface area contributed by atoms with Crippen LogP contribution in [0.2, 0.25) is 0 Å². The zero-order valence-corrected chi connectivity index (χ0v) is 16.2. The van der Waals surface area contributed by atoms with Gasteiger partial charge in [0.15, 0.2) is 0 Å². The van der Waals surface area contributed by atoms with Gasteiger partial charge in [-0.05, 0) is 31.6 Å². The third-order valence-corrected chi connectivity index (χ3v) is 5.53.